The molecule has 0 saturated carbocycles. The van der Waals surface area contributed by atoms with Gasteiger partial charge < -0.3 is 14.7 Å². The van der Waals surface area contributed by atoms with Crippen LogP contribution in [0.15, 0.2) is 12.1 Å². The number of rotatable bonds is 9. The van der Waals surface area contributed by atoms with E-state index in [1.807, 2.05) is 19.9 Å². The Labute approximate surface area is 129 Å². The lowest BCUT2D eigenvalue weighted by Crippen LogP contribution is -2.37. The second kappa shape index (κ2) is 8.79. The summed E-state index contributed by atoms with van der Waals surface area (Å²) in [5.41, 5.74) is 0. The number of thiophene rings is 1. The molecule has 1 unspecified atom stereocenters. The maximum absolute atomic E-state index is 12.5. The average molecular weight is 313 g/mol. The Bertz CT molecular complexity index is 472. The Morgan fingerprint density at radius 3 is 2.67 bits per heavy atom. The van der Waals surface area contributed by atoms with Gasteiger partial charge in [-0.25, -0.2) is 0 Å². The molecule has 0 bridgehead atoms. The van der Waals surface area contributed by atoms with Crippen molar-refractivity contribution in [3.05, 3.63) is 21.9 Å². The van der Waals surface area contributed by atoms with Gasteiger partial charge in [-0.05, 0) is 32.4 Å². The van der Waals surface area contributed by atoms with Crippen LogP contribution in [-0.4, -0.2) is 48.2 Å². The molecule has 1 aromatic rings. The van der Waals surface area contributed by atoms with Crippen LogP contribution < -0.4 is 0 Å². The first-order chi connectivity index (χ1) is 9.95. The fourth-order valence-electron chi connectivity index (χ4n) is 1.89. The van der Waals surface area contributed by atoms with E-state index in [-0.39, 0.29) is 12.5 Å². The van der Waals surface area contributed by atoms with E-state index in [0.717, 1.165) is 4.88 Å². The van der Waals surface area contributed by atoms with Gasteiger partial charge >= 0.3 is 5.97 Å². The number of hydrogen-bond acceptors (Lipinski definition) is 4. The first kappa shape index (κ1) is 17.7. The van der Waals surface area contributed by atoms with E-state index in [1.165, 1.54) is 11.3 Å². The first-order valence-corrected chi connectivity index (χ1v) is 7.93. The number of carboxylic acids is 1. The highest BCUT2D eigenvalue weighted by Gasteiger charge is 2.22. The molecular weight excluding hydrogens is 290 g/mol. The van der Waals surface area contributed by atoms with Crippen molar-refractivity contribution in [2.24, 2.45) is 5.92 Å². The molecule has 0 radical (unpaired) electrons. The maximum Gasteiger partial charge on any atom is 0.308 e. The van der Waals surface area contributed by atoms with Crippen molar-refractivity contribution < 1.29 is 19.4 Å². The Hall–Kier alpha value is -1.40. The van der Waals surface area contributed by atoms with Crippen LogP contribution in [0.5, 0.6) is 0 Å². The quantitative estimate of drug-likeness (QED) is 0.712. The van der Waals surface area contributed by atoms with Gasteiger partial charge in [0.2, 0.25) is 0 Å². The standard InChI is InChI=1S/C15H23NO4S/c1-4-20-9-5-8-16(10-11(2)15(18)19)14(17)13-7-6-12(3)21-13/h6-7,11H,4-5,8-10H2,1-3H3,(H,18,19). The Morgan fingerprint density at radius 2 is 2.14 bits per heavy atom. The number of aliphatic carboxylic acids is 1. The van der Waals surface area contributed by atoms with E-state index in [0.29, 0.717) is 31.1 Å². The zero-order valence-corrected chi connectivity index (χ0v) is 13.6. The molecule has 1 rings (SSSR count). The lowest BCUT2D eigenvalue weighted by Gasteiger charge is -2.24. The van der Waals surface area contributed by atoms with Crippen molar-refractivity contribution in [2.45, 2.75) is 27.2 Å². The van der Waals surface area contributed by atoms with Crippen LogP contribution in [0.4, 0.5) is 0 Å². The van der Waals surface area contributed by atoms with Crippen LogP contribution in [-0.2, 0) is 9.53 Å². The van der Waals surface area contributed by atoms with Gasteiger partial charge in [0.05, 0.1) is 10.8 Å². The number of carboxylic acid groups (broad SMARTS) is 1. The monoisotopic (exact) mass is 313 g/mol. The van der Waals surface area contributed by atoms with E-state index < -0.39 is 11.9 Å². The molecule has 0 fully saturated rings. The molecule has 0 spiro atoms. The summed E-state index contributed by atoms with van der Waals surface area (Å²) in [6, 6.07) is 3.69. The molecule has 1 atom stereocenters. The van der Waals surface area contributed by atoms with E-state index in [1.54, 1.807) is 17.9 Å². The highest BCUT2D eigenvalue weighted by atomic mass is 32.1. The zero-order valence-electron chi connectivity index (χ0n) is 12.8. The highest BCUT2D eigenvalue weighted by Crippen LogP contribution is 2.18. The van der Waals surface area contributed by atoms with Crippen molar-refractivity contribution in [1.29, 1.82) is 0 Å². The number of nitrogens with zero attached hydrogens (tertiary/aromatic N) is 1. The molecule has 0 aliphatic rings. The van der Waals surface area contributed by atoms with Crippen LogP contribution >= 0.6 is 11.3 Å². The lowest BCUT2D eigenvalue weighted by atomic mass is 10.1. The van der Waals surface area contributed by atoms with Gasteiger partial charge in [0, 0.05) is 31.2 Å². The average Bonchev–Trinajstić information content (AvgIpc) is 2.87. The van der Waals surface area contributed by atoms with Gasteiger partial charge in [0.15, 0.2) is 0 Å². The van der Waals surface area contributed by atoms with Crippen LogP contribution in [0.25, 0.3) is 0 Å². The van der Waals surface area contributed by atoms with Gasteiger partial charge in [-0.3, -0.25) is 9.59 Å². The lowest BCUT2D eigenvalue weighted by molar-refractivity contribution is -0.141. The molecule has 0 aromatic carbocycles. The van der Waals surface area contributed by atoms with E-state index in [2.05, 4.69) is 0 Å². The summed E-state index contributed by atoms with van der Waals surface area (Å²) in [4.78, 5) is 26.8. The topological polar surface area (TPSA) is 66.8 Å². The number of carbonyl (C=O) groups excluding carboxylic acids is 1. The third kappa shape index (κ3) is 5.85. The largest absolute Gasteiger partial charge is 0.481 e. The Morgan fingerprint density at radius 1 is 1.43 bits per heavy atom. The molecule has 5 nitrogen and oxygen atoms in total. The van der Waals surface area contributed by atoms with Gasteiger partial charge in [-0.15, -0.1) is 11.3 Å². The van der Waals surface area contributed by atoms with Crippen LogP contribution in [0.3, 0.4) is 0 Å². The summed E-state index contributed by atoms with van der Waals surface area (Å²) in [6.07, 6.45) is 0.705. The minimum atomic E-state index is -0.889. The van der Waals surface area contributed by atoms with Gasteiger partial charge in [-0.1, -0.05) is 6.92 Å². The van der Waals surface area contributed by atoms with Crippen molar-refractivity contribution in [1.82, 2.24) is 4.90 Å². The van der Waals surface area contributed by atoms with Crippen LogP contribution in [0.1, 0.15) is 34.8 Å². The van der Waals surface area contributed by atoms with E-state index in [9.17, 15) is 9.59 Å². The molecule has 6 heteroatoms. The molecule has 1 N–H and O–H groups in total. The highest BCUT2D eigenvalue weighted by molar-refractivity contribution is 7.13. The molecule has 1 heterocycles. The van der Waals surface area contributed by atoms with Crippen molar-refractivity contribution in [2.75, 3.05) is 26.3 Å². The first-order valence-electron chi connectivity index (χ1n) is 7.12. The predicted molar refractivity (Wildman–Crippen MR) is 82.9 cm³/mol. The number of hydrogen-bond donors (Lipinski definition) is 1. The number of aryl methyl sites for hydroxylation is 1. The van der Waals surface area contributed by atoms with Gasteiger partial charge in [0.1, 0.15) is 0 Å². The fourth-order valence-corrected chi connectivity index (χ4v) is 2.73. The SMILES string of the molecule is CCOCCCN(CC(C)C(=O)O)C(=O)c1ccc(C)s1. The van der Waals surface area contributed by atoms with Crippen molar-refractivity contribution in [3.63, 3.8) is 0 Å². The van der Waals surface area contributed by atoms with Crippen molar-refractivity contribution in [3.8, 4) is 0 Å². The summed E-state index contributed by atoms with van der Waals surface area (Å²) in [5.74, 6) is -1.57. The number of carbonyl (C=O) groups is 2. The zero-order chi connectivity index (χ0) is 15.8. The molecule has 0 aliphatic heterocycles. The number of amides is 1. The van der Waals surface area contributed by atoms with Gasteiger partial charge in [0.25, 0.3) is 5.91 Å². The van der Waals surface area contributed by atoms with E-state index in [4.69, 9.17) is 9.84 Å². The minimum Gasteiger partial charge on any atom is -0.481 e. The van der Waals surface area contributed by atoms with Crippen LogP contribution in [0, 0.1) is 12.8 Å². The molecule has 21 heavy (non-hydrogen) atoms. The van der Waals surface area contributed by atoms with E-state index >= 15 is 0 Å². The molecule has 1 aromatic heterocycles. The molecule has 0 aliphatic carbocycles. The Balaban J connectivity index is 2.70. The fraction of sp³-hybridized carbons (Fsp3) is 0.600. The predicted octanol–water partition coefficient (Wildman–Crippen LogP) is 2.65. The third-order valence-electron chi connectivity index (χ3n) is 3.08. The molecular formula is C15H23NO4S. The van der Waals surface area contributed by atoms with Crippen molar-refractivity contribution >= 4 is 23.2 Å². The maximum atomic E-state index is 12.5. The summed E-state index contributed by atoms with van der Waals surface area (Å²) < 4.78 is 5.27. The summed E-state index contributed by atoms with van der Waals surface area (Å²) in [5, 5.41) is 9.04. The molecule has 118 valence electrons. The second-order valence-electron chi connectivity index (χ2n) is 4.95. The summed E-state index contributed by atoms with van der Waals surface area (Å²) in [6.45, 7) is 7.43. The third-order valence-corrected chi connectivity index (χ3v) is 4.06. The van der Waals surface area contributed by atoms with Gasteiger partial charge in [-0.2, -0.15) is 0 Å². The summed E-state index contributed by atoms with van der Waals surface area (Å²) in [7, 11) is 0. The Kier molecular flexibility index (Phi) is 7.39. The molecule has 1 amide bonds. The normalized spacial score (nSPS) is 12.1. The molecule has 0 saturated heterocycles. The second-order valence-corrected chi connectivity index (χ2v) is 6.24. The summed E-state index contributed by atoms with van der Waals surface area (Å²) >= 11 is 1.43. The minimum absolute atomic E-state index is 0.0994. The number of ether oxygens (including phenoxy) is 1. The van der Waals surface area contributed by atoms with Crippen LogP contribution in [0.2, 0.25) is 0 Å². The smallest absolute Gasteiger partial charge is 0.308 e.